The van der Waals surface area contributed by atoms with E-state index < -0.39 is 11.9 Å². The summed E-state index contributed by atoms with van der Waals surface area (Å²) in [7, 11) is 1.39. The molecule has 0 atom stereocenters. The summed E-state index contributed by atoms with van der Waals surface area (Å²) >= 11 is 1.74. The van der Waals surface area contributed by atoms with Crippen LogP contribution in [0.3, 0.4) is 0 Å². The molecule has 0 aromatic carbocycles. The molecule has 46 heavy (non-hydrogen) atoms. The van der Waals surface area contributed by atoms with Crippen molar-refractivity contribution < 1.29 is 34.4 Å². The van der Waals surface area contributed by atoms with Crippen LogP contribution in [0.5, 0.6) is 0 Å². The highest BCUT2D eigenvalue weighted by atomic mass is 32.1. The second kappa shape index (κ2) is 37.3. The second-order valence-electron chi connectivity index (χ2n) is 12.5. The third kappa shape index (κ3) is 61.0. The Kier molecular flexibility index (Phi) is 43.3. The van der Waals surface area contributed by atoms with Crippen molar-refractivity contribution in [1.82, 2.24) is 20.9 Å². The average molecular weight is 681 g/mol. The van der Waals surface area contributed by atoms with E-state index in [1.807, 2.05) is 41.5 Å². The number of aliphatic hydroxyl groups is 1. The van der Waals surface area contributed by atoms with Gasteiger partial charge in [0.2, 0.25) is 0 Å². The molecule has 1 rings (SSSR count). The van der Waals surface area contributed by atoms with E-state index in [1.54, 1.807) is 25.2 Å². The van der Waals surface area contributed by atoms with Crippen molar-refractivity contribution in [3.8, 4) is 0 Å². The standard InChI is InChI=1S/C8H13NS.C6H13NO2.C6H15N.C5H11NO2.C5H10O2.C4H10O/c1-6(2)4-8-5-10-7(3)9-8;1-5(2)7-4-3-6(8)9;1-4-5-7-6(2)3;1-4(2)6-3-5(7)8;1-4(2)5(6)7-3;1-4(2)3-5/h5-6H,4H2,1-3H3;5,7H,3-4H2,1-2H3,(H,8,9);6-7H,4-5H2,1-3H3;4,6H,3H2,1-2H3,(H,7,8);4H,1-3H3;4-5H,3H2,1-2H3. The number of hydrogen-bond acceptors (Lipinski definition) is 10. The van der Waals surface area contributed by atoms with E-state index in [9.17, 15) is 14.4 Å². The van der Waals surface area contributed by atoms with Crippen molar-refractivity contribution in [3.63, 3.8) is 0 Å². The summed E-state index contributed by atoms with van der Waals surface area (Å²) in [6.45, 7) is 30.4. The molecular weight excluding hydrogens is 608 g/mol. The van der Waals surface area contributed by atoms with Gasteiger partial charge in [0.1, 0.15) is 0 Å². The van der Waals surface area contributed by atoms with Gasteiger partial charge in [0.15, 0.2) is 0 Å². The van der Waals surface area contributed by atoms with Gasteiger partial charge in [-0.1, -0.05) is 90.0 Å². The number of aliphatic carboxylic acids is 2. The fourth-order valence-electron chi connectivity index (χ4n) is 2.35. The first-order valence-electron chi connectivity index (χ1n) is 16.4. The van der Waals surface area contributed by atoms with Crippen molar-refractivity contribution in [1.29, 1.82) is 0 Å². The summed E-state index contributed by atoms with van der Waals surface area (Å²) in [5.41, 5.74) is 1.25. The number of carboxylic acid groups (broad SMARTS) is 2. The topological polar surface area (TPSA) is 170 Å². The minimum absolute atomic E-state index is 0.00463. The number of ether oxygens (including phenoxy) is 1. The first-order chi connectivity index (χ1) is 21.2. The molecule has 0 aliphatic rings. The third-order valence-electron chi connectivity index (χ3n) is 4.68. The van der Waals surface area contributed by atoms with Crippen molar-refractivity contribution in [3.05, 3.63) is 16.1 Å². The van der Waals surface area contributed by atoms with E-state index in [-0.39, 0.29) is 30.9 Å². The van der Waals surface area contributed by atoms with Crippen molar-refractivity contribution >= 4 is 29.2 Å². The molecule has 0 aliphatic heterocycles. The number of nitrogens with one attached hydrogen (secondary N) is 3. The smallest absolute Gasteiger partial charge is 0.317 e. The Bertz CT molecular complexity index is 815. The zero-order valence-corrected chi connectivity index (χ0v) is 32.6. The van der Waals surface area contributed by atoms with E-state index >= 15 is 0 Å². The van der Waals surface area contributed by atoms with Crippen molar-refractivity contribution in [2.75, 3.05) is 33.4 Å². The van der Waals surface area contributed by atoms with Gasteiger partial charge in [-0.2, -0.15) is 0 Å². The van der Waals surface area contributed by atoms with Gasteiger partial charge in [0, 0.05) is 36.7 Å². The Hall–Kier alpha value is -2.12. The number of aromatic nitrogens is 1. The Morgan fingerprint density at radius 1 is 0.804 bits per heavy atom. The average Bonchev–Trinajstić information content (AvgIpc) is 3.35. The Balaban J connectivity index is -0.000000148. The molecule has 0 amide bonds. The zero-order chi connectivity index (χ0) is 37.3. The molecule has 11 nitrogen and oxygen atoms in total. The zero-order valence-electron chi connectivity index (χ0n) is 31.8. The summed E-state index contributed by atoms with van der Waals surface area (Å²) in [6, 6.07) is 1.29. The van der Waals surface area contributed by atoms with Crippen LogP contribution in [-0.2, 0) is 25.5 Å². The predicted molar refractivity (Wildman–Crippen MR) is 194 cm³/mol. The van der Waals surface area contributed by atoms with E-state index in [2.05, 4.69) is 72.6 Å². The maximum Gasteiger partial charge on any atom is 0.317 e. The highest BCUT2D eigenvalue weighted by Crippen LogP contribution is 2.11. The largest absolute Gasteiger partial charge is 0.481 e. The Morgan fingerprint density at radius 2 is 1.26 bits per heavy atom. The summed E-state index contributed by atoms with van der Waals surface area (Å²) in [4.78, 5) is 34.4. The van der Waals surface area contributed by atoms with Crippen LogP contribution in [0.2, 0.25) is 0 Å². The lowest BCUT2D eigenvalue weighted by atomic mass is 10.1. The van der Waals surface area contributed by atoms with Gasteiger partial charge in [-0.15, -0.1) is 11.3 Å². The molecule has 6 N–H and O–H groups in total. The van der Waals surface area contributed by atoms with Crippen LogP contribution in [0.15, 0.2) is 5.38 Å². The van der Waals surface area contributed by atoms with E-state index in [0.717, 1.165) is 18.9 Å². The molecule has 276 valence electrons. The predicted octanol–water partition coefficient (Wildman–Crippen LogP) is 6.02. The normalized spacial score (nSPS) is 10.0. The first kappa shape index (κ1) is 53.4. The molecule has 0 unspecified atom stereocenters. The Morgan fingerprint density at radius 3 is 1.46 bits per heavy atom. The Labute approximate surface area is 285 Å². The minimum atomic E-state index is -0.807. The van der Waals surface area contributed by atoms with Crippen molar-refractivity contribution in [2.45, 2.75) is 134 Å². The van der Waals surface area contributed by atoms with Gasteiger partial charge >= 0.3 is 17.9 Å². The number of nitrogens with zero attached hydrogens (tertiary/aromatic N) is 1. The molecule has 0 saturated carbocycles. The molecule has 0 fully saturated rings. The monoisotopic (exact) mass is 681 g/mol. The molecule has 0 bridgehead atoms. The number of methoxy groups -OCH3 is 1. The van der Waals surface area contributed by atoms with Crippen molar-refractivity contribution in [2.24, 2.45) is 17.8 Å². The second-order valence-corrected chi connectivity index (χ2v) is 13.6. The van der Waals surface area contributed by atoms with Crippen LogP contribution in [0.4, 0.5) is 0 Å². The maximum atomic E-state index is 10.3. The van der Waals surface area contributed by atoms with Gasteiger partial charge in [-0.3, -0.25) is 14.4 Å². The molecule has 12 heteroatoms. The molecule has 0 radical (unpaired) electrons. The number of rotatable bonds is 14. The number of aliphatic hydroxyl groups excluding tert-OH is 1. The van der Waals surface area contributed by atoms with Crippen LogP contribution in [0, 0.1) is 24.7 Å². The number of esters is 1. The van der Waals surface area contributed by atoms with Gasteiger partial charge in [-0.25, -0.2) is 4.98 Å². The van der Waals surface area contributed by atoms with Crippen LogP contribution < -0.4 is 16.0 Å². The summed E-state index contributed by atoms with van der Waals surface area (Å²) in [5.74, 6) is -0.539. The molecule has 0 spiro atoms. The highest BCUT2D eigenvalue weighted by Gasteiger charge is 2.03. The first-order valence-corrected chi connectivity index (χ1v) is 17.3. The maximum absolute atomic E-state index is 10.3. The lowest BCUT2D eigenvalue weighted by Gasteiger charge is -2.04. The van der Waals surface area contributed by atoms with E-state index in [0.29, 0.717) is 31.2 Å². The summed E-state index contributed by atoms with van der Waals surface area (Å²) in [5, 5.41) is 36.8. The number of carbonyl (C=O) groups excluding carboxylic acids is 1. The van der Waals surface area contributed by atoms with Crippen LogP contribution in [0.25, 0.3) is 0 Å². The van der Waals surface area contributed by atoms with Gasteiger partial charge < -0.3 is 36.0 Å². The van der Waals surface area contributed by atoms with E-state index in [1.165, 1.54) is 24.2 Å². The molecule has 1 aromatic rings. The summed E-state index contributed by atoms with van der Waals surface area (Å²) in [6.07, 6.45) is 2.56. The van der Waals surface area contributed by atoms with Gasteiger partial charge in [-0.05, 0) is 38.1 Å². The number of carbonyl (C=O) groups is 3. The van der Waals surface area contributed by atoms with Gasteiger partial charge in [0.05, 0.1) is 36.7 Å². The fourth-order valence-corrected chi connectivity index (χ4v) is 2.97. The number of hydrogen-bond donors (Lipinski definition) is 6. The minimum Gasteiger partial charge on any atom is -0.481 e. The summed E-state index contributed by atoms with van der Waals surface area (Å²) < 4.78 is 4.37. The fraction of sp³-hybridized carbons (Fsp3) is 0.824. The molecule has 0 saturated heterocycles. The third-order valence-corrected chi connectivity index (χ3v) is 5.50. The quantitative estimate of drug-likeness (QED) is 0.127. The van der Waals surface area contributed by atoms with Crippen LogP contribution in [-0.4, -0.2) is 89.7 Å². The van der Waals surface area contributed by atoms with Crippen LogP contribution in [0.1, 0.15) is 114 Å². The van der Waals surface area contributed by atoms with Crippen LogP contribution >= 0.6 is 11.3 Å². The number of thiazole rings is 1. The number of aryl methyl sites for hydroxylation is 1. The molecule has 1 heterocycles. The molecule has 1 aromatic heterocycles. The SMILES string of the molecule is CC(C)CO.CC(C)NCC(=O)O.CC(C)NCCC(=O)O.CCCNC(C)C.COC(=O)C(C)C.Cc1nc(CC(C)C)cs1. The highest BCUT2D eigenvalue weighted by molar-refractivity contribution is 7.09. The molecular formula is C34H72N4O7S. The molecule has 0 aliphatic carbocycles. The number of carboxylic acids is 2. The lowest BCUT2D eigenvalue weighted by Crippen LogP contribution is -2.28. The lowest BCUT2D eigenvalue weighted by molar-refractivity contribution is -0.144. The van der Waals surface area contributed by atoms with E-state index in [4.69, 9.17) is 15.3 Å². The van der Waals surface area contributed by atoms with Gasteiger partial charge in [0.25, 0.3) is 0 Å².